The van der Waals surface area contributed by atoms with Crippen LogP contribution in [-0.2, 0) is 16.6 Å². The summed E-state index contributed by atoms with van der Waals surface area (Å²) < 4.78 is 25.4. The van der Waals surface area contributed by atoms with Gasteiger partial charge in [0.15, 0.2) is 5.96 Å². The number of unbranched alkanes of at least 4 members (excludes halogenated alkanes) is 1. The van der Waals surface area contributed by atoms with Gasteiger partial charge in [-0.05, 0) is 37.0 Å². The van der Waals surface area contributed by atoms with Crippen molar-refractivity contribution in [1.29, 1.82) is 0 Å². The predicted molar refractivity (Wildman–Crippen MR) is 109 cm³/mol. The number of nitrogens with zero attached hydrogens (tertiary/aromatic N) is 2. The Balaban J connectivity index is 2.60. The van der Waals surface area contributed by atoms with E-state index in [1.165, 1.54) is 31.2 Å². The first-order valence-corrected chi connectivity index (χ1v) is 10.7. The Bertz CT molecular complexity index is 653. The van der Waals surface area contributed by atoms with Gasteiger partial charge in [-0.2, -0.15) is 0 Å². The van der Waals surface area contributed by atoms with E-state index >= 15 is 0 Å². The van der Waals surface area contributed by atoms with Gasteiger partial charge in [0.1, 0.15) is 0 Å². The maximum absolute atomic E-state index is 12.1. The zero-order chi connectivity index (χ0) is 19.6. The number of benzene rings is 1. The van der Waals surface area contributed by atoms with E-state index in [2.05, 4.69) is 29.5 Å². The summed E-state index contributed by atoms with van der Waals surface area (Å²) in [6.45, 7) is 8.74. The molecule has 7 heteroatoms. The second-order valence-corrected chi connectivity index (χ2v) is 9.09. The van der Waals surface area contributed by atoms with E-state index in [0.29, 0.717) is 11.4 Å². The highest BCUT2D eigenvalue weighted by Crippen LogP contribution is 2.14. The van der Waals surface area contributed by atoms with Crippen LogP contribution in [0.2, 0.25) is 0 Å². The lowest BCUT2D eigenvalue weighted by molar-refractivity contribution is 0.520. The quantitative estimate of drug-likeness (QED) is 0.371. The molecule has 0 aliphatic carbocycles. The Labute approximate surface area is 159 Å². The van der Waals surface area contributed by atoms with Gasteiger partial charge < -0.3 is 10.6 Å². The molecule has 0 aliphatic rings. The Morgan fingerprint density at radius 1 is 1.12 bits per heavy atom. The van der Waals surface area contributed by atoms with Crippen LogP contribution in [0.5, 0.6) is 0 Å². The van der Waals surface area contributed by atoms with Crippen molar-refractivity contribution in [2.24, 2.45) is 10.9 Å². The summed E-state index contributed by atoms with van der Waals surface area (Å²) in [5.74, 6) is 1.54. The van der Waals surface area contributed by atoms with E-state index in [4.69, 9.17) is 0 Å². The molecule has 6 nitrogen and oxygen atoms in total. The highest BCUT2D eigenvalue weighted by Gasteiger charge is 2.16. The summed E-state index contributed by atoms with van der Waals surface area (Å²) >= 11 is 0. The zero-order valence-electron chi connectivity index (χ0n) is 16.7. The van der Waals surface area contributed by atoms with Crippen LogP contribution in [0.25, 0.3) is 0 Å². The summed E-state index contributed by atoms with van der Waals surface area (Å²) in [6.07, 6.45) is 3.59. The van der Waals surface area contributed by atoms with Crippen molar-refractivity contribution in [3.05, 3.63) is 29.8 Å². The van der Waals surface area contributed by atoms with E-state index in [-0.39, 0.29) is 0 Å². The van der Waals surface area contributed by atoms with Crippen molar-refractivity contribution in [3.63, 3.8) is 0 Å². The van der Waals surface area contributed by atoms with Crippen LogP contribution in [0.15, 0.2) is 34.2 Å². The second kappa shape index (κ2) is 11.2. The highest BCUT2D eigenvalue weighted by molar-refractivity contribution is 7.89. The topological polar surface area (TPSA) is 73.8 Å². The predicted octanol–water partition coefficient (Wildman–Crippen LogP) is 2.82. The summed E-state index contributed by atoms with van der Waals surface area (Å²) in [7, 11) is -0.323. The molecule has 0 bridgehead atoms. The minimum Gasteiger partial charge on any atom is -0.357 e. The lowest BCUT2D eigenvalue weighted by atomic mass is 10.1. The zero-order valence-corrected chi connectivity index (χ0v) is 17.6. The molecule has 0 saturated carbocycles. The molecule has 0 amide bonds. The van der Waals surface area contributed by atoms with Gasteiger partial charge in [0.05, 0.1) is 11.4 Å². The fourth-order valence-electron chi connectivity index (χ4n) is 2.37. The molecule has 1 rings (SSSR count). The van der Waals surface area contributed by atoms with Gasteiger partial charge in [0.2, 0.25) is 10.0 Å². The smallest absolute Gasteiger partial charge is 0.242 e. The SMILES string of the molecule is CCNC(=NCc1ccc(S(=O)(=O)N(C)C)cc1)NCCCCC(C)C. The number of hydrogen-bond acceptors (Lipinski definition) is 3. The first kappa shape index (κ1) is 22.4. The molecule has 1 aromatic carbocycles. The van der Waals surface area contributed by atoms with Crippen LogP contribution in [0.4, 0.5) is 0 Å². The number of hydrogen-bond donors (Lipinski definition) is 2. The highest BCUT2D eigenvalue weighted by atomic mass is 32.2. The molecule has 0 aromatic heterocycles. The molecule has 148 valence electrons. The third-order valence-electron chi connectivity index (χ3n) is 3.97. The molecule has 0 atom stereocenters. The Morgan fingerprint density at radius 3 is 2.31 bits per heavy atom. The average Bonchev–Trinajstić information content (AvgIpc) is 2.59. The summed E-state index contributed by atoms with van der Waals surface area (Å²) in [6, 6.07) is 6.89. The molecule has 0 spiro atoms. The largest absolute Gasteiger partial charge is 0.357 e. The monoisotopic (exact) mass is 382 g/mol. The van der Waals surface area contributed by atoms with E-state index < -0.39 is 10.0 Å². The molecular formula is C19H34N4O2S. The minimum atomic E-state index is -3.38. The number of nitrogens with one attached hydrogen (secondary N) is 2. The van der Waals surface area contributed by atoms with Gasteiger partial charge in [-0.15, -0.1) is 0 Å². The summed E-state index contributed by atoms with van der Waals surface area (Å²) in [5, 5.41) is 6.59. The van der Waals surface area contributed by atoms with Crippen LogP contribution in [0, 0.1) is 5.92 Å². The van der Waals surface area contributed by atoms with Crippen molar-refractivity contribution in [2.45, 2.75) is 51.5 Å². The molecular weight excluding hydrogens is 348 g/mol. The van der Waals surface area contributed by atoms with E-state index in [1.807, 2.05) is 19.1 Å². The lowest BCUT2D eigenvalue weighted by Gasteiger charge is -2.12. The van der Waals surface area contributed by atoms with Crippen molar-refractivity contribution >= 4 is 16.0 Å². The van der Waals surface area contributed by atoms with Crippen molar-refractivity contribution in [1.82, 2.24) is 14.9 Å². The lowest BCUT2D eigenvalue weighted by Crippen LogP contribution is -2.37. The van der Waals surface area contributed by atoms with Crippen LogP contribution in [0.3, 0.4) is 0 Å². The summed E-state index contributed by atoms with van der Waals surface area (Å²) in [5.41, 5.74) is 0.972. The third kappa shape index (κ3) is 7.74. The standard InChI is InChI=1S/C19H34N4O2S/c1-6-20-19(21-14-8-7-9-16(2)3)22-15-17-10-12-18(13-11-17)26(24,25)23(4)5/h10-13,16H,6-9,14-15H2,1-5H3,(H2,20,21,22). The van der Waals surface area contributed by atoms with Gasteiger partial charge in [0.25, 0.3) is 0 Å². The van der Waals surface area contributed by atoms with Crippen LogP contribution in [0.1, 0.15) is 45.6 Å². The van der Waals surface area contributed by atoms with Gasteiger partial charge >= 0.3 is 0 Å². The van der Waals surface area contributed by atoms with Crippen LogP contribution in [-0.4, -0.2) is 45.9 Å². The van der Waals surface area contributed by atoms with Gasteiger partial charge in [0, 0.05) is 27.2 Å². The maximum atomic E-state index is 12.1. The normalized spacial score (nSPS) is 12.7. The van der Waals surface area contributed by atoms with Crippen molar-refractivity contribution in [3.8, 4) is 0 Å². The number of aliphatic imine (C=N–C) groups is 1. The first-order chi connectivity index (χ1) is 12.3. The van der Waals surface area contributed by atoms with Gasteiger partial charge in [-0.1, -0.05) is 38.8 Å². The molecule has 0 unspecified atom stereocenters. The minimum absolute atomic E-state index is 0.297. The first-order valence-electron chi connectivity index (χ1n) is 9.31. The molecule has 0 aliphatic heterocycles. The third-order valence-corrected chi connectivity index (χ3v) is 5.80. The van der Waals surface area contributed by atoms with Gasteiger partial charge in [-0.3, -0.25) is 0 Å². The molecule has 0 saturated heterocycles. The van der Waals surface area contributed by atoms with Crippen molar-refractivity contribution < 1.29 is 8.42 Å². The summed E-state index contributed by atoms with van der Waals surface area (Å²) in [4.78, 5) is 4.87. The van der Waals surface area contributed by atoms with E-state index in [1.54, 1.807) is 12.1 Å². The Hall–Kier alpha value is -1.60. The number of rotatable bonds is 10. The molecule has 26 heavy (non-hydrogen) atoms. The van der Waals surface area contributed by atoms with Crippen LogP contribution < -0.4 is 10.6 Å². The second-order valence-electron chi connectivity index (χ2n) is 6.94. The molecule has 1 aromatic rings. The van der Waals surface area contributed by atoms with E-state index in [9.17, 15) is 8.42 Å². The van der Waals surface area contributed by atoms with Crippen LogP contribution >= 0.6 is 0 Å². The maximum Gasteiger partial charge on any atom is 0.242 e. The fourth-order valence-corrected chi connectivity index (χ4v) is 3.28. The average molecular weight is 383 g/mol. The molecule has 0 fully saturated rings. The van der Waals surface area contributed by atoms with E-state index in [0.717, 1.165) is 37.0 Å². The van der Waals surface area contributed by atoms with Crippen molar-refractivity contribution in [2.75, 3.05) is 27.2 Å². The molecule has 0 radical (unpaired) electrons. The number of guanidine groups is 1. The Morgan fingerprint density at radius 2 is 1.77 bits per heavy atom. The van der Waals surface area contributed by atoms with Gasteiger partial charge in [-0.25, -0.2) is 17.7 Å². The molecule has 0 heterocycles. The number of sulfonamides is 1. The Kier molecular flexibility index (Phi) is 9.65. The fraction of sp³-hybridized carbons (Fsp3) is 0.632. The molecule has 2 N–H and O–H groups in total.